The quantitative estimate of drug-likeness (QED) is 0.944. The van der Waals surface area contributed by atoms with E-state index in [4.69, 9.17) is 0 Å². The van der Waals surface area contributed by atoms with E-state index in [1.165, 1.54) is 17.0 Å². The second-order valence-electron chi connectivity index (χ2n) is 5.63. The third-order valence-electron chi connectivity index (χ3n) is 4.10. The highest BCUT2D eigenvalue weighted by Crippen LogP contribution is 2.29. The highest BCUT2D eigenvalue weighted by Gasteiger charge is 2.34. The van der Waals surface area contributed by atoms with Gasteiger partial charge in [0.25, 0.3) is 0 Å². The minimum Gasteiger partial charge on any atom is -0.350 e. The molecule has 23 heavy (non-hydrogen) atoms. The molecule has 0 saturated heterocycles. The van der Waals surface area contributed by atoms with Gasteiger partial charge < -0.3 is 10.2 Å². The smallest absolute Gasteiger partial charge is 0.247 e. The number of rotatable bonds is 3. The highest BCUT2D eigenvalue weighted by atomic mass is 19.1. The second-order valence-corrected chi connectivity index (χ2v) is 5.63. The molecule has 2 amide bonds. The Bertz CT molecular complexity index is 743. The van der Waals surface area contributed by atoms with Crippen molar-refractivity contribution in [3.63, 3.8) is 0 Å². The molecule has 0 spiro atoms. The zero-order chi connectivity index (χ0) is 16.4. The van der Waals surface area contributed by atoms with E-state index in [2.05, 4.69) is 5.32 Å². The fraction of sp³-hybridized carbons (Fsp3) is 0.222. The van der Waals surface area contributed by atoms with Crippen LogP contribution in [-0.2, 0) is 22.6 Å². The molecule has 4 nitrogen and oxygen atoms in total. The molecule has 1 aliphatic rings. The Morgan fingerprint density at radius 2 is 1.91 bits per heavy atom. The van der Waals surface area contributed by atoms with Crippen molar-refractivity contribution in [2.45, 2.75) is 19.0 Å². The Balaban J connectivity index is 1.78. The van der Waals surface area contributed by atoms with Gasteiger partial charge in [0.2, 0.25) is 11.8 Å². The molecule has 1 heterocycles. The lowest BCUT2D eigenvalue weighted by Gasteiger charge is -2.33. The lowest BCUT2D eigenvalue weighted by atomic mass is 9.92. The van der Waals surface area contributed by atoms with Crippen molar-refractivity contribution in [2.75, 3.05) is 7.05 Å². The van der Waals surface area contributed by atoms with Gasteiger partial charge >= 0.3 is 0 Å². The molecule has 2 aromatic rings. The van der Waals surface area contributed by atoms with Crippen LogP contribution in [0.5, 0.6) is 0 Å². The number of carbonyl (C=O) groups is 2. The van der Waals surface area contributed by atoms with Crippen LogP contribution in [0.4, 0.5) is 4.39 Å². The predicted octanol–water partition coefficient (Wildman–Crippen LogP) is 2.20. The van der Waals surface area contributed by atoms with Crippen LogP contribution in [0.25, 0.3) is 0 Å². The summed E-state index contributed by atoms with van der Waals surface area (Å²) in [7, 11) is 1.64. The minimum absolute atomic E-state index is 0.0781. The number of hydrogen-bond acceptors (Lipinski definition) is 2. The second kappa shape index (κ2) is 6.20. The van der Waals surface area contributed by atoms with Crippen molar-refractivity contribution in [1.82, 2.24) is 10.2 Å². The molecule has 0 saturated carbocycles. The summed E-state index contributed by atoms with van der Waals surface area (Å²) in [6.07, 6.45) is 0.314. The lowest BCUT2D eigenvalue weighted by molar-refractivity contribution is -0.140. The number of nitrogens with zero attached hydrogens (tertiary/aromatic N) is 1. The standard InChI is InChI=1S/C18H17FN2O2/c1-21-16(22)10-13-4-2-3-5-15(13)17(21)18(23)20-11-12-6-8-14(19)9-7-12/h2-9,17H,10-11H2,1H3,(H,20,23). The first-order valence-electron chi connectivity index (χ1n) is 7.42. The number of carbonyl (C=O) groups excluding carboxylic acids is 2. The number of halogens is 1. The zero-order valence-electron chi connectivity index (χ0n) is 12.8. The van der Waals surface area contributed by atoms with Gasteiger partial charge in [0.15, 0.2) is 0 Å². The summed E-state index contributed by atoms with van der Waals surface area (Å²) in [6, 6.07) is 12.8. The highest BCUT2D eigenvalue weighted by molar-refractivity contribution is 5.92. The molecule has 0 aromatic heterocycles. The summed E-state index contributed by atoms with van der Waals surface area (Å²) in [5.74, 6) is -0.630. The first-order valence-corrected chi connectivity index (χ1v) is 7.42. The molecule has 3 rings (SSSR count). The van der Waals surface area contributed by atoms with E-state index in [9.17, 15) is 14.0 Å². The number of benzene rings is 2. The molecule has 0 fully saturated rings. The van der Waals surface area contributed by atoms with Crippen molar-refractivity contribution in [1.29, 1.82) is 0 Å². The molecule has 0 aliphatic carbocycles. The summed E-state index contributed by atoms with van der Waals surface area (Å²) in [5.41, 5.74) is 2.54. The van der Waals surface area contributed by atoms with Gasteiger partial charge in [-0.2, -0.15) is 0 Å². The maximum absolute atomic E-state index is 12.9. The van der Waals surface area contributed by atoms with Gasteiger partial charge in [0, 0.05) is 13.6 Å². The van der Waals surface area contributed by atoms with E-state index in [0.717, 1.165) is 16.7 Å². The Morgan fingerprint density at radius 1 is 1.22 bits per heavy atom. The van der Waals surface area contributed by atoms with Gasteiger partial charge in [-0.15, -0.1) is 0 Å². The van der Waals surface area contributed by atoms with Crippen molar-refractivity contribution >= 4 is 11.8 Å². The van der Waals surface area contributed by atoms with Gasteiger partial charge in [0.05, 0.1) is 6.42 Å². The van der Waals surface area contributed by atoms with Crippen LogP contribution in [0, 0.1) is 5.82 Å². The summed E-state index contributed by atoms with van der Waals surface area (Å²) in [5, 5.41) is 2.82. The van der Waals surface area contributed by atoms with E-state index in [1.54, 1.807) is 19.2 Å². The van der Waals surface area contributed by atoms with Gasteiger partial charge in [-0.3, -0.25) is 9.59 Å². The van der Waals surface area contributed by atoms with Crippen molar-refractivity contribution < 1.29 is 14.0 Å². The predicted molar refractivity (Wildman–Crippen MR) is 83.9 cm³/mol. The molecule has 118 valence electrons. The van der Waals surface area contributed by atoms with E-state index < -0.39 is 6.04 Å². The lowest BCUT2D eigenvalue weighted by Crippen LogP contribution is -2.45. The molecule has 1 unspecified atom stereocenters. The first-order chi connectivity index (χ1) is 11.1. The maximum Gasteiger partial charge on any atom is 0.247 e. The fourth-order valence-electron chi connectivity index (χ4n) is 2.81. The Morgan fingerprint density at radius 3 is 2.65 bits per heavy atom. The molecular formula is C18H17FN2O2. The molecule has 1 N–H and O–H groups in total. The molecule has 1 aliphatic heterocycles. The number of amides is 2. The third-order valence-corrected chi connectivity index (χ3v) is 4.10. The number of fused-ring (bicyclic) bond motifs is 1. The van der Waals surface area contributed by atoms with Crippen LogP contribution in [0.1, 0.15) is 22.7 Å². The molecule has 2 aromatic carbocycles. The summed E-state index contributed by atoms with van der Waals surface area (Å²) in [4.78, 5) is 26.1. The zero-order valence-corrected chi connectivity index (χ0v) is 12.8. The van der Waals surface area contributed by atoms with Crippen LogP contribution in [0.2, 0.25) is 0 Å². The normalized spacial score (nSPS) is 16.9. The van der Waals surface area contributed by atoms with Gasteiger partial charge in [-0.1, -0.05) is 36.4 Å². The van der Waals surface area contributed by atoms with Crippen molar-refractivity contribution in [3.05, 3.63) is 71.0 Å². The van der Waals surface area contributed by atoms with E-state index in [-0.39, 0.29) is 17.6 Å². The molecule has 5 heteroatoms. The van der Waals surface area contributed by atoms with Gasteiger partial charge in [-0.25, -0.2) is 4.39 Å². The third kappa shape index (κ3) is 3.08. The average molecular weight is 312 g/mol. The summed E-state index contributed by atoms with van der Waals surface area (Å²) in [6.45, 7) is 0.291. The molecular weight excluding hydrogens is 295 g/mol. The van der Waals surface area contributed by atoms with Gasteiger partial charge in [0.1, 0.15) is 11.9 Å². The largest absolute Gasteiger partial charge is 0.350 e. The summed E-state index contributed by atoms with van der Waals surface area (Å²) < 4.78 is 12.9. The molecule has 0 radical (unpaired) electrons. The minimum atomic E-state index is -0.632. The van der Waals surface area contributed by atoms with Gasteiger partial charge in [-0.05, 0) is 28.8 Å². The number of hydrogen-bond donors (Lipinski definition) is 1. The Hall–Kier alpha value is -2.69. The average Bonchev–Trinajstić information content (AvgIpc) is 2.55. The molecule has 1 atom stereocenters. The van der Waals surface area contributed by atoms with Crippen LogP contribution < -0.4 is 5.32 Å². The van der Waals surface area contributed by atoms with Crippen LogP contribution >= 0.6 is 0 Å². The van der Waals surface area contributed by atoms with E-state index >= 15 is 0 Å². The fourth-order valence-corrected chi connectivity index (χ4v) is 2.81. The van der Waals surface area contributed by atoms with Crippen molar-refractivity contribution in [2.24, 2.45) is 0 Å². The maximum atomic E-state index is 12.9. The SMILES string of the molecule is CN1C(=O)Cc2ccccc2C1C(=O)NCc1ccc(F)cc1. The summed E-state index contributed by atoms with van der Waals surface area (Å²) >= 11 is 0. The van der Waals surface area contributed by atoms with Crippen LogP contribution in [0.3, 0.4) is 0 Å². The Kier molecular flexibility index (Phi) is 4.10. The van der Waals surface area contributed by atoms with Crippen LogP contribution in [-0.4, -0.2) is 23.8 Å². The van der Waals surface area contributed by atoms with Crippen LogP contribution in [0.15, 0.2) is 48.5 Å². The monoisotopic (exact) mass is 312 g/mol. The Labute approximate surface area is 133 Å². The topological polar surface area (TPSA) is 49.4 Å². The van der Waals surface area contributed by atoms with Crippen molar-refractivity contribution in [3.8, 4) is 0 Å². The molecule has 0 bridgehead atoms. The number of nitrogens with one attached hydrogen (secondary N) is 1. The van der Waals surface area contributed by atoms with E-state index in [0.29, 0.717) is 13.0 Å². The van der Waals surface area contributed by atoms with E-state index in [1.807, 2.05) is 24.3 Å². The number of likely N-dealkylation sites (N-methyl/N-ethyl adjacent to an activating group) is 1. The first kappa shape index (κ1) is 15.2.